The molecular formula is C24H32N2O2S. The molecule has 0 heterocycles. The van der Waals surface area contributed by atoms with E-state index in [1.54, 1.807) is 23.7 Å². The summed E-state index contributed by atoms with van der Waals surface area (Å²) in [6, 6.07) is 14.0. The van der Waals surface area contributed by atoms with Crippen molar-refractivity contribution in [1.82, 2.24) is 10.2 Å². The molecule has 0 spiro atoms. The molecular weight excluding hydrogens is 380 g/mol. The molecule has 0 saturated heterocycles. The van der Waals surface area contributed by atoms with Crippen molar-refractivity contribution in [2.75, 3.05) is 12.8 Å². The number of nitrogens with zero attached hydrogens (tertiary/aromatic N) is 1. The van der Waals surface area contributed by atoms with E-state index in [-0.39, 0.29) is 11.8 Å². The van der Waals surface area contributed by atoms with Crippen LogP contribution in [0, 0.1) is 20.8 Å². The highest BCUT2D eigenvalue weighted by Crippen LogP contribution is 2.20. The van der Waals surface area contributed by atoms with Crippen LogP contribution in [0.15, 0.2) is 42.5 Å². The summed E-state index contributed by atoms with van der Waals surface area (Å²) in [5.41, 5.74) is 5.89. The number of rotatable bonds is 9. The molecule has 1 N–H and O–H groups in total. The second-order valence-electron chi connectivity index (χ2n) is 7.48. The van der Waals surface area contributed by atoms with Gasteiger partial charge >= 0.3 is 0 Å². The Morgan fingerprint density at radius 2 is 1.72 bits per heavy atom. The highest BCUT2D eigenvalue weighted by atomic mass is 32.2. The zero-order chi connectivity index (χ0) is 21.4. The Morgan fingerprint density at radius 3 is 2.31 bits per heavy atom. The highest BCUT2D eigenvalue weighted by Gasteiger charge is 2.28. The first-order valence-electron chi connectivity index (χ1n) is 10.1. The van der Waals surface area contributed by atoms with Crippen molar-refractivity contribution in [1.29, 1.82) is 0 Å². The maximum atomic E-state index is 13.1. The van der Waals surface area contributed by atoms with Gasteiger partial charge in [-0.3, -0.25) is 9.59 Å². The number of carbonyl (C=O) groups excluding carboxylic acids is 2. The molecule has 2 amide bonds. The molecule has 2 aromatic rings. The monoisotopic (exact) mass is 412 g/mol. The molecule has 0 bridgehead atoms. The van der Waals surface area contributed by atoms with E-state index in [2.05, 4.69) is 37.4 Å². The fraction of sp³-hybridized carbons (Fsp3) is 0.417. The maximum absolute atomic E-state index is 13.1. The lowest BCUT2D eigenvalue weighted by Crippen LogP contribution is -2.48. The van der Waals surface area contributed by atoms with Crippen LogP contribution in [-0.2, 0) is 21.9 Å². The first-order valence-corrected chi connectivity index (χ1v) is 11.2. The summed E-state index contributed by atoms with van der Waals surface area (Å²) >= 11 is 1.60. The SMILES string of the molecule is CC[C@@H](C(=O)NC)N(Cc1ccccc1C)C(=O)CSCc1cc(C)cc(C)c1. The molecule has 2 aromatic carbocycles. The minimum atomic E-state index is -0.464. The third-order valence-corrected chi connectivity index (χ3v) is 6.00. The Bertz CT molecular complexity index is 830. The second kappa shape index (κ2) is 11.1. The Labute approximate surface area is 179 Å². The van der Waals surface area contributed by atoms with Crippen LogP contribution in [0.3, 0.4) is 0 Å². The summed E-state index contributed by atoms with van der Waals surface area (Å²) in [7, 11) is 1.62. The zero-order valence-electron chi connectivity index (χ0n) is 18.1. The van der Waals surface area contributed by atoms with Gasteiger partial charge in [-0.2, -0.15) is 0 Å². The minimum absolute atomic E-state index is 0.00178. The number of benzene rings is 2. The minimum Gasteiger partial charge on any atom is -0.357 e. The number of amides is 2. The number of hydrogen-bond acceptors (Lipinski definition) is 3. The molecule has 156 valence electrons. The van der Waals surface area contributed by atoms with Gasteiger partial charge in [0.05, 0.1) is 5.75 Å². The molecule has 0 fully saturated rings. The molecule has 29 heavy (non-hydrogen) atoms. The Hall–Kier alpha value is -2.27. The third kappa shape index (κ3) is 6.64. The van der Waals surface area contributed by atoms with Crippen LogP contribution >= 0.6 is 11.8 Å². The molecule has 0 aliphatic carbocycles. The van der Waals surface area contributed by atoms with Gasteiger partial charge in [0.15, 0.2) is 0 Å². The number of aryl methyl sites for hydroxylation is 3. The van der Waals surface area contributed by atoms with Crippen LogP contribution in [-0.4, -0.2) is 35.6 Å². The number of carbonyl (C=O) groups is 2. The Kier molecular flexibility index (Phi) is 8.77. The number of thioether (sulfide) groups is 1. The highest BCUT2D eigenvalue weighted by molar-refractivity contribution is 7.99. The molecule has 0 aliphatic rings. The molecule has 0 radical (unpaired) electrons. The Morgan fingerprint density at radius 1 is 1.07 bits per heavy atom. The number of hydrogen-bond donors (Lipinski definition) is 1. The molecule has 0 saturated carbocycles. The molecule has 4 nitrogen and oxygen atoms in total. The predicted octanol–water partition coefficient (Wildman–Crippen LogP) is 4.40. The third-order valence-electron chi connectivity index (χ3n) is 5.01. The van der Waals surface area contributed by atoms with Gasteiger partial charge < -0.3 is 10.2 Å². The van der Waals surface area contributed by atoms with E-state index in [4.69, 9.17) is 0 Å². The molecule has 2 rings (SSSR count). The topological polar surface area (TPSA) is 49.4 Å². The lowest BCUT2D eigenvalue weighted by atomic mass is 10.1. The van der Waals surface area contributed by atoms with E-state index in [9.17, 15) is 9.59 Å². The van der Waals surface area contributed by atoms with Crippen LogP contribution in [0.25, 0.3) is 0 Å². The van der Waals surface area contributed by atoms with Gasteiger partial charge in [0.1, 0.15) is 6.04 Å². The van der Waals surface area contributed by atoms with E-state index in [0.717, 1.165) is 16.9 Å². The van der Waals surface area contributed by atoms with Gasteiger partial charge in [0.25, 0.3) is 0 Å². The smallest absolute Gasteiger partial charge is 0.242 e. The summed E-state index contributed by atoms with van der Waals surface area (Å²) in [6.07, 6.45) is 0.582. The predicted molar refractivity (Wildman–Crippen MR) is 122 cm³/mol. The van der Waals surface area contributed by atoms with Crippen molar-refractivity contribution >= 4 is 23.6 Å². The molecule has 0 unspecified atom stereocenters. The van der Waals surface area contributed by atoms with Crippen LogP contribution < -0.4 is 5.32 Å². The van der Waals surface area contributed by atoms with Crippen molar-refractivity contribution < 1.29 is 9.59 Å². The van der Waals surface area contributed by atoms with Gasteiger partial charge in [-0.25, -0.2) is 0 Å². The summed E-state index contributed by atoms with van der Waals surface area (Å²) in [6.45, 7) is 8.60. The average molecular weight is 413 g/mol. The molecule has 5 heteroatoms. The van der Waals surface area contributed by atoms with Crippen LogP contribution in [0.5, 0.6) is 0 Å². The van der Waals surface area contributed by atoms with Crippen molar-refractivity contribution in [3.8, 4) is 0 Å². The van der Waals surface area contributed by atoms with Crippen molar-refractivity contribution in [3.05, 3.63) is 70.3 Å². The maximum Gasteiger partial charge on any atom is 0.242 e. The largest absolute Gasteiger partial charge is 0.357 e. The van der Waals surface area contributed by atoms with Gasteiger partial charge in [-0.1, -0.05) is 60.5 Å². The van der Waals surface area contributed by atoms with Gasteiger partial charge in [-0.15, -0.1) is 11.8 Å². The second-order valence-corrected chi connectivity index (χ2v) is 8.46. The van der Waals surface area contributed by atoms with E-state index < -0.39 is 6.04 Å². The van der Waals surface area contributed by atoms with Crippen molar-refractivity contribution in [2.24, 2.45) is 0 Å². The number of nitrogens with one attached hydrogen (secondary N) is 1. The van der Waals surface area contributed by atoms with Gasteiger partial charge in [-0.05, 0) is 43.9 Å². The van der Waals surface area contributed by atoms with E-state index >= 15 is 0 Å². The lowest BCUT2D eigenvalue weighted by Gasteiger charge is -2.30. The van der Waals surface area contributed by atoms with Gasteiger partial charge in [0, 0.05) is 19.3 Å². The fourth-order valence-corrected chi connectivity index (χ4v) is 4.39. The Balaban J connectivity index is 2.12. The summed E-state index contributed by atoms with van der Waals surface area (Å²) in [5.74, 6) is 1.02. The van der Waals surface area contributed by atoms with Crippen molar-refractivity contribution in [3.63, 3.8) is 0 Å². The summed E-state index contributed by atoms with van der Waals surface area (Å²) < 4.78 is 0. The average Bonchev–Trinajstić information content (AvgIpc) is 2.68. The summed E-state index contributed by atoms with van der Waals surface area (Å²) in [5, 5.41) is 2.71. The van der Waals surface area contributed by atoms with Crippen LogP contribution in [0.4, 0.5) is 0 Å². The summed E-state index contributed by atoms with van der Waals surface area (Å²) in [4.78, 5) is 27.3. The first-order chi connectivity index (χ1) is 13.8. The fourth-order valence-electron chi connectivity index (χ4n) is 3.55. The molecule has 0 aromatic heterocycles. The number of likely N-dealkylation sites (N-methyl/N-ethyl adjacent to an activating group) is 1. The zero-order valence-corrected chi connectivity index (χ0v) is 18.9. The van der Waals surface area contributed by atoms with Crippen LogP contribution in [0.2, 0.25) is 0 Å². The molecule has 1 atom stereocenters. The van der Waals surface area contributed by atoms with E-state index in [0.29, 0.717) is 18.7 Å². The van der Waals surface area contributed by atoms with E-state index in [1.807, 2.05) is 38.1 Å². The normalized spacial score (nSPS) is 11.8. The molecule has 0 aliphatic heterocycles. The standard InChI is InChI=1S/C24H32N2O2S/c1-6-22(24(28)25-5)26(14-21-10-8-7-9-19(21)4)23(27)16-29-15-20-12-17(2)11-18(3)13-20/h7-13,22H,6,14-16H2,1-5H3,(H,25,28)/t22-/m0/s1. The quantitative estimate of drug-likeness (QED) is 0.664. The van der Waals surface area contributed by atoms with Crippen LogP contribution in [0.1, 0.15) is 41.2 Å². The van der Waals surface area contributed by atoms with Gasteiger partial charge in [0.2, 0.25) is 11.8 Å². The first kappa shape index (κ1) is 23.0. The van der Waals surface area contributed by atoms with Crippen molar-refractivity contribution in [2.45, 2.75) is 52.5 Å². The lowest BCUT2D eigenvalue weighted by molar-refractivity contribution is -0.139. The van der Waals surface area contributed by atoms with E-state index in [1.165, 1.54) is 16.7 Å².